The fraction of sp³-hybridized carbons (Fsp3) is 0.154. The van der Waals surface area contributed by atoms with E-state index < -0.39 is 11.9 Å². The van der Waals surface area contributed by atoms with Crippen molar-refractivity contribution in [1.82, 2.24) is 4.98 Å². The molecule has 19 heavy (non-hydrogen) atoms. The maximum Gasteiger partial charge on any atom is 0.373 e. The summed E-state index contributed by atoms with van der Waals surface area (Å²) < 4.78 is 4.95. The number of aromatic carboxylic acids is 1. The van der Waals surface area contributed by atoms with E-state index in [1.54, 1.807) is 24.3 Å². The molecule has 0 aliphatic heterocycles. The average molecular weight is 260 g/mol. The van der Waals surface area contributed by atoms with Gasteiger partial charge in [0.25, 0.3) is 5.91 Å². The topological polar surface area (TPSA) is 92.4 Å². The molecular formula is C13H12N2O4. The third-order valence-corrected chi connectivity index (χ3v) is 2.53. The number of anilines is 1. The van der Waals surface area contributed by atoms with Crippen molar-refractivity contribution in [3.63, 3.8) is 0 Å². The molecule has 0 spiro atoms. The molecule has 98 valence electrons. The van der Waals surface area contributed by atoms with E-state index in [1.165, 1.54) is 6.92 Å². The van der Waals surface area contributed by atoms with Crippen molar-refractivity contribution in [2.24, 2.45) is 0 Å². The molecule has 2 aromatic rings. The second kappa shape index (κ2) is 4.93. The standard InChI is InChI=1S/C13H12N2O4/c1-7-3-5-9(6-4-7)11(16)15-13-14-8(2)10(19-13)12(17)18/h3-6H,1-2H3,(H,17,18)(H,14,15,16). The summed E-state index contributed by atoms with van der Waals surface area (Å²) in [5, 5.41) is 11.2. The molecule has 1 heterocycles. The number of rotatable bonds is 3. The summed E-state index contributed by atoms with van der Waals surface area (Å²) in [5.41, 5.74) is 1.70. The van der Waals surface area contributed by atoms with Crippen molar-refractivity contribution >= 4 is 17.9 Å². The lowest BCUT2D eigenvalue weighted by Gasteiger charge is -2.01. The summed E-state index contributed by atoms with van der Waals surface area (Å²) in [5.74, 6) is -1.90. The number of nitrogens with one attached hydrogen (secondary N) is 1. The summed E-state index contributed by atoms with van der Waals surface area (Å²) in [6.07, 6.45) is 0. The molecule has 1 amide bonds. The zero-order valence-electron chi connectivity index (χ0n) is 10.4. The van der Waals surface area contributed by atoms with Gasteiger partial charge in [0, 0.05) is 5.56 Å². The van der Waals surface area contributed by atoms with Crippen LogP contribution in [0.15, 0.2) is 28.7 Å². The fourth-order valence-corrected chi connectivity index (χ4v) is 1.52. The highest BCUT2D eigenvalue weighted by Gasteiger charge is 2.17. The summed E-state index contributed by atoms with van der Waals surface area (Å²) in [4.78, 5) is 26.5. The van der Waals surface area contributed by atoms with E-state index in [0.717, 1.165) is 5.56 Å². The van der Waals surface area contributed by atoms with Gasteiger partial charge in [-0.25, -0.2) is 4.79 Å². The highest BCUT2D eigenvalue weighted by atomic mass is 16.4. The number of carboxylic acid groups (broad SMARTS) is 1. The van der Waals surface area contributed by atoms with Gasteiger partial charge < -0.3 is 9.52 Å². The number of carbonyl (C=O) groups is 2. The Morgan fingerprint density at radius 2 is 1.84 bits per heavy atom. The first-order chi connectivity index (χ1) is 8.97. The van der Waals surface area contributed by atoms with Crippen LogP contribution in [0.25, 0.3) is 0 Å². The molecule has 0 aliphatic rings. The predicted molar refractivity (Wildman–Crippen MR) is 67.3 cm³/mol. The normalized spacial score (nSPS) is 10.2. The minimum atomic E-state index is -1.22. The lowest BCUT2D eigenvalue weighted by Crippen LogP contribution is -2.12. The molecule has 2 rings (SSSR count). The summed E-state index contributed by atoms with van der Waals surface area (Å²) in [6.45, 7) is 3.41. The van der Waals surface area contributed by atoms with E-state index in [4.69, 9.17) is 9.52 Å². The number of hydrogen-bond donors (Lipinski definition) is 2. The van der Waals surface area contributed by atoms with E-state index in [-0.39, 0.29) is 17.5 Å². The van der Waals surface area contributed by atoms with Gasteiger partial charge in [0.1, 0.15) is 0 Å². The fourth-order valence-electron chi connectivity index (χ4n) is 1.52. The van der Waals surface area contributed by atoms with Gasteiger partial charge in [0.2, 0.25) is 5.76 Å². The molecular weight excluding hydrogens is 248 g/mol. The van der Waals surface area contributed by atoms with Crippen molar-refractivity contribution in [3.05, 3.63) is 46.8 Å². The number of carbonyl (C=O) groups excluding carboxylic acids is 1. The molecule has 6 nitrogen and oxygen atoms in total. The Morgan fingerprint density at radius 3 is 2.37 bits per heavy atom. The monoisotopic (exact) mass is 260 g/mol. The molecule has 0 saturated carbocycles. The Kier molecular flexibility index (Phi) is 3.33. The van der Waals surface area contributed by atoms with Crippen LogP contribution in [-0.2, 0) is 0 Å². The third-order valence-electron chi connectivity index (χ3n) is 2.53. The van der Waals surface area contributed by atoms with Crippen molar-refractivity contribution in [2.75, 3.05) is 5.32 Å². The SMILES string of the molecule is Cc1ccc(C(=O)Nc2nc(C)c(C(=O)O)o2)cc1. The number of hydrogen-bond acceptors (Lipinski definition) is 4. The van der Waals surface area contributed by atoms with Gasteiger partial charge in [0.05, 0.1) is 5.69 Å². The van der Waals surface area contributed by atoms with Crippen LogP contribution in [0.5, 0.6) is 0 Å². The molecule has 0 aliphatic carbocycles. The molecule has 0 saturated heterocycles. The van der Waals surface area contributed by atoms with Crippen molar-refractivity contribution in [3.8, 4) is 0 Å². The summed E-state index contributed by atoms with van der Waals surface area (Å²) in [6, 6.07) is 6.81. The van der Waals surface area contributed by atoms with Crippen LogP contribution in [0.1, 0.15) is 32.2 Å². The molecule has 0 fully saturated rings. The maximum atomic E-state index is 11.9. The first kappa shape index (κ1) is 12.8. The van der Waals surface area contributed by atoms with Crippen LogP contribution in [0, 0.1) is 13.8 Å². The molecule has 6 heteroatoms. The first-order valence-corrected chi connectivity index (χ1v) is 5.56. The van der Waals surface area contributed by atoms with Crippen LogP contribution < -0.4 is 5.32 Å². The van der Waals surface area contributed by atoms with Crippen LogP contribution >= 0.6 is 0 Å². The van der Waals surface area contributed by atoms with Crippen molar-refractivity contribution in [1.29, 1.82) is 0 Å². The van der Waals surface area contributed by atoms with E-state index in [2.05, 4.69) is 10.3 Å². The van der Waals surface area contributed by atoms with Crippen LogP contribution in [0.2, 0.25) is 0 Å². The molecule has 0 atom stereocenters. The highest BCUT2D eigenvalue weighted by Crippen LogP contribution is 2.15. The average Bonchev–Trinajstić information content (AvgIpc) is 2.71. The van der Waals surface area contributed by atoms with E-state index in [1.807, 2.05) is 6.92 Å². The quantitative estimate of drug-likeness (QED) is 0.882. The van der Waals surface area contributed by atoms with Gasteiger partial charge in [-0.2, -0.15) is 4.98 Å². The molecule has 0 unspecified atom stereocenters. The van der Waals surface area contributed by atoms with Gasteiger partial charge in [-0.1, -0.05) is 17.7 Å². The minimum Gasteiger partial charge on any atom is -0.475 e. The summed E-state index contributed by atoms with van der Waals surface area (Å²) in [7, 11) is 0. The summed E-state index contributed by atoms with van der Waals surface area (Å²) >= 11 is 0. The number of aromatic nitrogens is 1. The zero-order chi connectivity index (χ0) is 14.0. The van der Waals surface area contributed by atoms with Crippen molar-refractivity contribution < 1.29 is 19.1 Å². The number of oxazole rings is 1. The van der Waals surface area contributed by atoms with Gasteiger partial charge in [-0.05, 0) is 26.0 Å². The number of benzene rings is 1. The Labute approximate surface area is 109 Å². The number of amides is 1. The molecule has 0 bridgehead atoms. The van der Waals surface area contributed by atoms with Gasteiger partial charge in [-0.3, -0.25) is 10.1 Å². The van der Waals surface area contributed by atoms with Gasteiger partial charge in [0.15, 0.2) is 0 Å². The van der Waals surface area contributed by atoms with Crippen molar-refractivity contribution in [2.45, 2.75) is 13.8 Å². The maximum absolute atomic E-state index is 11.9. The van der Waals surface area contributed by atoms with Gasteiger partial charge >= 0.3 is 12.0 Å². The van der Waals surface area contributed by atoms with Crippen LogP contribution in [-0.4, -0.2) is 22.0 Å². The second-order valence-electron chi connectivity index (χ2n) is 4.06. The number of aryl methyl sites for hydroxylation is 2. The van der Waals surface area contributed by atoms with Gasteiger partial charge in [-0.15, -0.1) is 0 Å². The molecule has 1 aromatic carbocycles. The first-order valence-electron chi connectivity index (χ1n) is 5.56. The minimum absolute atomic E-state index is 0.125. The van der Waals surface area contributed by atoms with E-state index >= 15 is 0 Å². The second-order valence-corrected chi connectivity index (χ2v) is 4.06. The molecule has 1 aromatic heterocycles. The Balaban J connectivity index is 2.17. The highest BCUT2D eigenvalue weighted by molar-refractivity contribution is 6.03. The Hall–Kier alpha value is -2.63. The third kappa shape index (κ3) is 2.79. The smallest absolute Gasteiger partial charge is 0.373 e. The Bertz CT molecular complexity index is 629. The molecule has 2 N–H and O–H groups in total. The number of carboxylic acids is 1. The number of nitrogens with zero attached hydrogens (tertiary/aromatic N) is 1. The van der Waals surface area contributed by atoms with E-state index in [9.17, 15) is 9.59 Å². The van der Waals surface area contributed by atoms with E-state index in [0.29, 0.717) is 5.56 Å². The van der Waals surface area contributed by atoms with Crippen LogP contribution in [0.4, 0.5) is 6.01 Å². The Morgan fingerprint density at radius 1 is 1.21 bits per heavy atom. The predicted octanol–water partition coefficient (Wildman–Crippen LogP) is 2.24. The molecule has 0 radical (unpaired) electrons. The largest absolute Gasteiger partial charge is 0.475 e. The lowest BCUT2D eigenvalue weighted by molar-refractivity contribution is 0.0661. The lowest BCUT2D eigenvalue weighted by atomic mass is 10.1. The van der Waals surface area contributed by atoms with Crippen LogP contribution in [0.3, 0.4) is 0 Å². The zero-order valence-corrected chi connectivity index (χ0v) is 10.4.